The molecular weight excluding hydrogens is 456 g/mol. The number of carbonyl (C=O) groups is 1. The third-order valence-electron chi connectivity index (χ3n) is 6.92. The van der Waals surface area contributed by atoms with Gasteiger partial charge >= 0.3 is 5.97 Å². The van der Waals surface area contributed by atoms with E-state index in [0.29, 0.717) is 34.6 Å². The van der Waals surface area contributed by atoms with Gasteiger partial charge in [0, 0.05) is 0 Å². The fourth-order valence-corrected chi connectivity index (χ4v) is 4.99. The molecule has 0 spiro atoms. The molecule has 1 fully saturated rings. The van der Waals surface area contributed by atoms with Gasteiger partial charge in [0.15, 0.2) is 0 Å². The van der Waals surface area contributed by atoms with Gasteiger partial charge in [0.2, 0.25) is 0 Å². The summed E-state index contributed by atoms with van der Waals surface area (Å²) in [4.78, 5) is 12.6. The van der Waals surface area contributed by atoms with Crippen molar-refractivity contribution in [2.24, 2.45) is 0 Å². The van der Waals surface area contributed by atoms with E-state index in [4.69, 9.17) is 21.1 Å². The zero-order chi connectivity index (χ0) is 24.7. The summed E-state index contributed by atoms with van der Waals surface area (Å²) in [5, 5.41) is 0.441. The van der Waals surface area contributed by atoms with Crippen LogP contribution >= 0.6 is 11.6 Å². The van der Waals surface area contributed by atoms with E-state index in [-0.39, 0.29) is 0 Å². The minimum atomic E-state index is -0.409. The van der Waals surface area contributed by atoms with Gasteiger partial charge in [0.1, 0.15) is 11.5 Å². The molecular formula is C31H42ClO3. The molecule has 1 saturated carbocycles. The van der Waals surface area contributed by atoms with Crippen LogP contribution in [0.2, 0.25) is 5.02 Å². The van der Waals surface area contributed by atoms with Crippen molar-refractivity contribution in [2.45, 2.75) is 103 Å². The Kier molecular flexibility index (Phi) is 12.5. The first-order valence-electron chi connectivity index (χ1n) is 13.7. The van der Waals surface area contributed by atoms with Gasteiger partial charge in [0.05, 0.1) is 17.2 Å². The lowest BCUT2D eigenvalue weighted by Gasteiger charge is -2.21. The van der Waals surface area contributed by atoms with Crippen LogP contribution in [-0.4, -0.2) is 12.6 Å². The second-order valence-electron chi connectivity index (χ2n) is 9.77. The number of ether oxygens (including phenoxy) is 2. The first-order valence-corrected chi connectivity index (χ1v) is 14.1. The van der Waals surface area contributed by atoms with Gasteiger partial charge in [0.25, 0.3) is 0 Å². The first kappa shape index (κ1) is 27.6. The lowest BCUT2D eigenvalue weighted by molar-refractivity contribution is 0.0734. The van der Waals surface area contributed by atoms with Crippen molar-refractivity contribution in [3.63, 3.8) is 0 Å². The maximum Gasteiger partial charge on any atom is 0.343 e. The van der Waals surface area contributed by atoms with Crippen LogP contribution in [0.1, 0.15) is 119 Å². The van der Waals surface area contributed by atoms with Crippen LogP contribution in [0.3, 0.4) is 0 Å². The number of rotatable bonds is 15. The zero-order valence-corrected chi connectivity index (χ0v) is 22.2. The number of esters is 1. The molecule has 0 aromatic heterocycles. The Morgan fingerprint density at radius 2 is 1.49 bits per heavy atom. The lowest BCUT2D eigenvalue weighted by atomic mass is 9.84. The molecule has 0 N–H and O–H groups in total. The zero-order valence-electron chi connectivity index (χ0n) is 21.4. The monoisotopic (exact) mass is 497 g/mol. The van der Waals surface area contributed by atoms with Gasteiger partial charge in [-0.15, -0.1) is 0 Å². The van der Waals surface area contributed by atoms with E-state index in [0.717, 1.165) is 6.42 Å². The molecule has 0 amide bonds. The number of halogens is 1. The quantitative estimate of drug-likeness (QED) is 0.139. The van der Waals surface area contributed by atoms with Crippen LogP contribution in [0.5, 0.6) is 11.5 Å². The smallest absolute Gasteiger partial charge is 0.343 e. The first-order chi connectivity index (χ1) is 17.2. The van der Waals surface area contributed by atoms with E-state index in [1.54, 1.807) is 18.2 Å². The second-order valence-corrected chi connectivity index (χ2v) is 10.2. The van der Waals surface area contributed by atoms with Crippen LogP contribution in [0.25, 0.3) is 0 Å². The summed E-state index contributed by atoms with van der Waals surface area (Å²) in [5.74, 6) is 1.37. The van der Waals surface area contributed by atoms with Crippen molar-refractivity contribution in [1.29, 1.82) is 0 Å². The molecule has 0 bridgehead atoms. The summed E-state index contributed by atoms with van der Waals surface area (Å²) in [5.41, 5.74) is 1.75. The van der Waals surface area contributed by atoms with Crippen LogP contribution < -0.4 is 9.47 Å². The van der Waals surface area contributed by atoms with Crippen molar-refractivity contribution >= 4 is 17.6 Å². The molecule has 0 heterocycles. The molecule has 2 aromatic rings. The fraction of sp³-hybridized carbons (Fsp3) is 0.548. The lowest BCUT2D eigenvalue weighted by Crippen LogP contribution is -2.09. The minimum Gasteiger partial charge on any atom is -0.492 e. The summed E-state index contributed by atoms with van der Waals surface area (Å²) >= 11 is 6.38. The van der Waals surface area contributed by atoms with E-state index < -0.39 is 5.97 Å². The summed E-state index contributed by atoms with van der Waals surface area (Å²) < 4.78 is 11.4. The van der Waals surface area contributed by atoms with E-state index in [1.807, 2.05) is 12.1 Å². The van der Waals surface area contributed by atoms with Crippen molar-refractivity contribution in [3.8, 4) is 11.5 Å². The highest BCUT2D eigenvalue weighted by Gasteiger charge is 2.16. The van der Waals surface area contributed by atoms with Gasteiger partial charge in [-0.3, -0.25) is 0 Å². The predicted octanol–water partition coefficient (Wildman–Crippen LogP) is 9.72. The highest BCUT2D eigenvalue weighted by molar-refractivity contribution is 6.32. The molecule has 3 nitrogen and oxygen atoms in total. The second kappa shape index (κ2) is 15.9. The average molecular weight is 498 g/mol. The van der Waals surface area contributed by atoms with Crippen molar-refractivity contribution in [3.05, 3.63) is 65.0 Å². The average Bonchev–Trinajstić information content (AvgIpc) is 2.89. The summed E-state index contributed by atoms with van der Waals surface area (Å²) in [6.45, 7) is 2.90. The van der Waals surface area contributed by atoms with Crippen molar-refractivity contribution in [2.75, 3.05) is 6.61 Å². The van der Waals surface area contributed by atoms with Gasteiger partial charge in [-0.1, -0.05) is 88.4 Å². The molecule has 191 valence electrons. The maximum atomic E-state index is 12.6. The topological polar surface area (TPSA) is 35.5 Å². The molecule has 1 aliphatic carbocycles. The third kappa shape index (κ3) is 9.88. The molecule has 35 heavy (non-hydrogen) atoms. The molecule has 3 rings (SSSR count). The summed E-state index contributed by atoms with van der Waals surface area (Å²) in [6, 6.07) is 13.0. The highest BCUT2D eigenvalue weighted by atomic mass is 35.5. The Morgan fingerprint density at radius 3 is 2.11 bits per heavy atom. The molecule has 0 saturated heterocycles. The molecule has 0 aliphatic heterocycles. The molecule has 0 unspecified atom stereocenters. The minimum absolute atomic E-state index is 0.409. The van der Waals surface area contributed by atoms with Gasteiger partial charge < -0.3 is 9.47 Å². The van der Waals surface area contributed by atoms with Crippen LogP contribution in [-0.2, 0) is 0 Å². The van der Waals surface area contributed by atoms with E-state index in [2.05, 4.69) is 25.5 Å². The number of carbonyl (C=O) groups excluding carboxylic acids is 1. The van der Waals surface area contributed by atoms with Gasteiger partial charge in [-0.25, -0.2) is 4.79 Å². The van der Waals surface area contributed by atoms with E-state index in [1.165, 1.54) is 89.0 Å². The number of hydrogen-bond donors (Lipinski definition) is 0. The van der Waals surface area contributed by atoms with E-state index >= 15 is 0 Å². The van der Waals surface area contributed by atoms with Gasteiger partial charge in [-0.2, -0.15) is 0 Å². The Labute approximate surface area is 217 Å². The van der Waals surface area contributed by atoms with E-state index in [9.17, 15) is 4.79 Å². The third-order valence-corrected chi connectivity index (χ3v) is 7.22. The van der Waals surface area contributed by atoms with Crippen LogP contribution in [0, 0.1) is 6.42 Å². The maximum absolute atomic E-state index is 12.6. The highest BCUT2D eigenvalue weighted by Crippen LogP contribution is 2.33. The van der Waals surface area contributed by atoms with Crippen molar-refractivity contribution in [1.82, 2.24) is 0 Å². The summed E-state index contributed by atoms with van der Waals surface area (Å²) in [6.07, 6.45) is 20.1. The van der Waals surface area contributed by atoms with Crippen molar-refractivity contribution < 1.29 is 14.3 Å². The molecule has 1 aliphatic rings. The molecule has 0 atom stereocenters. The SMILES string of the molecule is CCCCCCCCCCCCOc1ccc(C(=O)Oc2ccc(C3CC[CH]CC3)cc2)cc1Cl. The number of benzene rings is 2. The Morgan fingerprint density at radius 1 is 0.857 bits per heavy atom. The van der Waals surface area contributed by atoms with Crippen LogP contribution in [0.4, 0.5) is 0 Å². The standard InChI is InChI=1S/C31H42ClO3/c1-2-3-4-5-6-7-8-9-10-14-23-34-30-22-19-27(24-29(30)32)31(33)35-28-20-17-26(18-21-28)25-15-12-11-13-16-25/h11,17-22,24-25H,2-10,12-16,23H2,1H3. The Bertz CT molecular complexity index is 871. The molecule has 2 aromatic carbocycles. The fourth-order valence-electron chi connectivity index (χ4n) is 4.75. The normalized spacial score (nSPS) is 14.1. The molecule has 4 heteroatoms. The Balaban J connectivity index is 1.35. The Hall–Kier alpha value is -2.00. The van der Waals surface area contributed by atoms with Gasteiger partial charge in [-0.05, 0) is 80.3 Å². The van der Waals surface area contributed by atoms with Crippen LogP contribution in [0.15, 0.2) is 42.5 Å². The predicted molar refractivity (Wildman–Crippen MR) is 146 cm³/mol. The number of hydrogen-bond acceptors (Lipinski definition) is 3. The number of unbranched alkanes of at least 4 members (excludes halogenated alkanes) is 9. The largest absolute Gasteiger partial charge is 0.492 e. The summed E-state index contributed by atoms with van der Waals surface area (Å²) in [7, 11) is 0. The molecule has 1 radical (unpaired) electrons.